The number of alkyl halides is 6. The number of hydrogen-bond donors (Lipinski definition) is 1. The van der Waals surface area contributed by atoms with Crippen molar-refractivity contribution in [3.63, 3.8) is 0 Å². The van der Waals surface area contributed by atoms with Crippen LogP contribution in [0.4, 0.5) is 31.5 Å². The molecule has 0 saturated heterocycles. The molecule has 1 heterocycles. The maximum Gasteiger partial charge on any atom is 1.00 e. The normalized spacial score (nSPS) is 11.2. The Labute approximate surface area is 185 Å². The average molecular weight is 414 g/mol. The molecule has 0 aliphatic rings. The molecule has 0 unspecified atom stereocenters. The second-order valence-electron chi connectivity index (χ2n) is 3.80. The minimum Gasteiger partial charge on any atom is -0.796 e. The van der Waals surface area contributed by atoms with Crippen molar-refractivity contribution in [2.75, 3.05) is 12.0 Å². The summed E-state index contributed by atoms with van der Waals surface area (Å²) in [4.78, 5) is 2.56. The van der Waals surface area contributed by atoms with E-state index in [0.29, 0.717) is 0 Å². The van der Waals surface area contributed by atoms with Crippen LogP contribution < -0.4 is 61.9 Å². The van der Waals surface area contributed by atoms with E-state index in [1.54, 1.807) is 6.26 Å². The van der Waals surface area contributed by atoms with Crippen molar-refractivity contribution < 1.29 is 82.5 Å². The van der Waals surface area contributed by atoms with Crippen LogP contribution in [0.2, 0.25) is 0 Å². The van der Waals surface area contributed by atoms with Gasteiger partial charge in [0, 0.05) is 5.56 Å². The van der Waals surface area contributed by atoms with Gasteiger partial charge in [-0.3, -0.25) is 0 Å². The number of hydrogen-bond acceptors (Lipinski definition) is 5. The molecular formula is C12H9F6KN2OS2. The predicted octanol–water partition coefficient (Wildman–Crippen LogP) is 1.48. The molecule has 2 aromatic rings. The molecule has 24 heavy (non-hydrogen) atoms. The molecule has 2 N–H and O–H groups in total. The molecule has 1 aromatic carbocycles. The second-order valence-corrected chi connectivity index (χ2v) is 4.83. The zero-order valence-electron chi connectivity index (χ0n) is 12.3. The molecule has 128 valence electrons. The van der Waals surface area contributed by atoms with Gasteiger partial charge in [-0.1, -0.05) is 11.3 Å². The van der Waals surface area contributed by atoms with Gasteiger partial charge in [-0.05, 0) is 24.3 Å². The molecule has 0 aliphatic heterocycles. The number of aromatic nitrogens is 1. The Hall–Kier alpha value is 0.0164. The Morgan fingerprint density at radius 3 is 1.96 bits per heavy atom. The van der Waals surface area contributed by atoms with E-state index in [9.17, 15) is 26.3 Å². The molecule has 3 nitrogen and oxygen atoms in total. The van der Waals surface area contributed by atoms with E-state index in [1.165, 1.54) is 0 Å². The molecule has 0 bridgehead atoms. The Kier molecular flexibility index (Phi) is 9.65. The van der Waals surface area contributed by atoms with Crippen molar-refractivity contribution in [2.24, 2.45) is 0 Å². The largest absolute Gasteiger partial charge is 1.00 e. The number of halogens is 6. The van der Waals surface area contributed by atoms with Crippen molar-refractivity contribution in [3.05, 3.63) is 29.1 Å². The van der Waals surface area contributed by atoms with Crippen LogP contribution in [0.3, 0.4) is 0 Å². The van der Waals surface area contributed by atoms with Crippen LogP contribution in [0.15, 0.2) is 24.3 Å². The zero-order chi connectivity index (χ0) is 17.8. The molecule has 2 rings (SSSR count). The first-order valence-electron chi connectivity index (χ1n) is 5.67. The number of nitrogens with zero attached hydrogens (tertiary/aromatic N) is 1. The van der Waals surface area contributed by atoms with Crippen molar-refractivity contribution in [1.29, 1.82) is 0 Å². The van der Waals surface area contributed by atoms with Crippen LogP contribution in [0.5, 0.6) is 5.75 Å². The number of rotatable bonds is 2. The molecule has 0 saturated carbocycles. The van der Waals surface area contributed by atoms with Crippen molar-refractivity contribution >= 4 is 29.1 Å². The van der Waals surface area contributed by atoms with Gasteiger partial charge in [-0.25, -0.2) is 4.98 Å². The van der Waals surface area contributed by atoms with Crippen molar-refractivity contribution in [2.45, 2.75) is 12.5 Å². The summed E-state index contributed by atoms with van der Waals surface area (Å²) in [5, 5.41) is -0.284. The summed E-state index contributed by atoms with van der Waals surface area (Å²) >= 11 is 4.34. The van der Waals surface area contributed by atoms with E-state index in [4.69, 9.17) is 5.73 Å². The number of thiazole rings is 1. The second kappa shape index (κ2) is 9.64. The molecular weight excluding hydrogens is 405 g/mol. The first kappa shape index (κ1) is 24.0. The van der Waals surface area contributed by atoms with Crippen LogP contribution in [0.1, 0.15) is 4.88 Å². The molecule has 0 amide bonds. The third kappa shape index (κ3) is 7.10. The van der Waals surface area contributed by atoms with E-state index in [1.807, 2.05) is 0 Å². The van der Waals surface area contributed by atoms with Gasteiger partial charge < -0.3 is 23.1 Å². The topological polar surface area (TPSA) is 48.1 Å². The van der Waals surface area contributed by atoms with Crippen LogP contribution in [-0.4, -0.2) is 17.6 Å². The fourth-order valence-electron chi connectivity index (χ4n) is 1.54. The maximum absolute atomic E-state index is 12.8. The first-order valence-corrected chi connectivity index (χ1v) is 7.30. The Bertz CT molecular complexity index is 642. The zero-order valence-corrected chi connectivity index (χ0v) is 17.1. The Balaban J connectivity index is 0.00000170. The molecule has 0 aliphatic carbocycles. The standard InChI is InChI=1S/C11H6F6N2OS.CH4S.K/c12-10(13,14)8-7(19-9(18)21-8)5-1-3-6(4-2-5)20-11(15,16)17;1-2;/h1-4H,(H2,18,19);2H,1H3;/q;;+1/p-1. The number of ether oxygens (including phenoxy) is 1. The average Bonchev–Trinajstić information content (AvgIpc) is 2.82. The molecule has 0 fully saturated rings. The van der Waals surface area contributed by atoms with E-state index < -0.39 is 28.9 Å². The molecule has 0 radical (unpaired) electrons. The monoisotopic (exact) mass is 414 g/mol. The fourth-order valence-corrected chi connectivity index (χ4v) is 2.26. The van der Waals surface area contributed by atoms with E-state index in [-0.39, 0.29) is 73.4 Å². The molecule has 1 aromatic heterocycles. The van der Waals surface area contributed by atoms with Gasteiger partial charge in [0.15, 0.2) is 5.13 Å². The summed E-state index contributed by atoms with van der Waals surface area (Å²) in [5.74, 6) is -0.539. The fraction of sp³-hybridized carbons (Fsp3) is 0.250. The van der Waals surface area contributed by atoms with E-state index >= 15 is 0 Å². The SMILES string of the molecule is C[S-].Nc1nc(-c2ccc(OC(F)(F)F)cc2)c(C(F)(F)F)s1.[K+]. The van der Waals surface area contributed by atoms with Gasteiger partial charge in [-0.2, -0.15) is 19.4 Å². The number of nitrogen functional groups attached to an aromatic ring is 1. The van der Waals surface area contributed by atoms with Crippen LogP contribution >= 0.6 is 11.3 Å². The minimum absolute atomic E-state index is 0. The smallest absolute Gasteiger partial charge is 0.796 e. The number of nitrogens with two attached hydrogens (primary N) is 1. The summed E-state index contributed by atoms with van der Waals surface area (Å²) in [6, 6.07) is 3.90. The maximum atomic E-state index is 12.8. The summed E-state index contributed by atoms with van der Waals surface area (Å²) in [7, 11) is 0. The van der Waals surface area contributed by atoms with Gasteiger partial charge >= 0.3 is 63.9 Å². The molecule has 0 atom stereocenters. The third-order valence-electron chi connectivity index (χ3n) is 2.26. The van der Waals surface area contributed by atoms with Gasteiger partial charge in [0.05, 0.1) is 5.69 Å². The first-order chi connectivity index (χ1) is 10.6. The summed E-state index contributed by atoms with van der Waals surface area (Å²) in [6.45, 7) is 0. The molecule has 12 heteroatoms. The predicted molar refractivity (Wildman–Crippen MR) is 76.9 cm³/mol. The summed E-state index contributed by atoms with van der Waals surface area (Å²) in [6.07, 6.45) is -7.94. The van der Waals surface area contributed by atoms with Crippen molar-refractivity contribution in [3.8, 4) is 17.0 Å². The number of benzene rings is 1. The van der Waals surface area contributed by atoms with Gasteiger partial charge in [0.25, 0.3) is 0 Å². The van der Waals surface area contributed by atoms with Gasteiger partial charge in [0.2, 0.25) is 0 Å². The molecule has 0 spiro atoms. The van der Waals surface area contributed by atoms with Crippen LogP contribution in [-0.2, 0) is 18.8 Å². The summed E-state index contributed by atoms with van der Waals surface area (Å²) < 4.78 is 78.0. The summed E-state index contributed by atoms with van der Waals surface area (Å²) in [5.41, 5.74) is 4.82. The number of anilines is 1. The Morgan fingerprint density at radius 1 is 1.04 bits per heavy atom. The van der Waals surface area contributed by atoms with Crippen LogP contribution in [0.25, 0.3) is 11.3 Å². The van der Waals surface area contributed by atoms with E-state index in [2.05, 4.69) is 22.3 Å². The third-order valence-corrected chi connectivity index (χ3v) is 3.19. The Morgan fingerprint density at radius 2 is 1.54 bits per heavy atom. The van der Waals surface area contributed by atoms with Crippen molar-refractivity contribution in [1.82, 2.24) is 4.98 Å². The van der Waals surface area contributed by atoms with Crippen LogP contribution in [0, 0.1) is 0 Å². The van der Waals surface area contributed by atoms with Gasteiger partial charge in [-0.15, -0.1) is 13.2 Å². The quantitative estimate of drug-likeness (QED) is 0.460. The van der Waals surface area contributed by atoms with E-state index in [0.717, 1.165) is 24.3 Å². The minimum atomic E-state index is -4.87. The van der Waals surface area contributed by atoms with Gasteiger partial charge in [0.1, 0.15) is 10.6 Å².